The number of rotatable bonds is 7. The number of fused-ring (bicyclic) bond motifs is 1. The Hall–Kier alpha value is -2.44. The Morgan fingerprint density at radius 1 is 0.920 bits per heavy atom. The van der Waals surface area contributed by atoms with Crippen molar-refractivity contribution in [3.63, 3.8) is 0 Å². The lowest BCUT2D eigenvalue weighted by molar-refractivity contribution is 0.323. The van der Waals surface area contributed by atoms with Crippen LogP contribution < -0.4 is 9.46 Å². The van der Waals surface area contributed by atoms with E-state index in [1.54, 1.807) is 0 Å². The van der Waals surface area contributed by atoms with Gasteiger partial charge < -0.3 is 4.74 Å². The normalized spacial score (nSPS) is 11.6. The van der Waals surface area contributed by atoms with Crippen molar-refractivity contribution in [1.82, 2.24) is 4.72 Å². The molecule has 0 saturated heterocycles. The van der Waals surface area contributed by atoms with E-state index in [9.17, 15) is 12.8 Å². The molecule has 0 radical (unpaired) electrons. The van der Waals surface area contributed by atoms with Gasteiger partial charge >= 0.3 is 0 Å². The molecule has 0 aliphatic rings. The predicted molar refractivity (Wildman–Crippen MR) is 96.5 cm³/mol. The van der Waals surface area contributed by atoms with Gasteiger partial charge in [-0.3, -0.25) is 0 Å². The Morgan fingerprint density at radius 2 is 1.64 bits per heavy atom. The minimum absolute atomic E-state index is 0.163. The molecule has 3 aromatic rings. The maximum Gasteiger partial charge on any atom is 0.215 e. The quantitative estimate of drug-likeness (QED) is 0.657. The first-order valence-corrected chi connectivity index (χ1v) is 9.50. The number of sulfonamides is 1. The van der Waals surface area contributed by atoms with Crippen LogP contribution in [0.15, 0.2) is 66.7 Å². The van der Waals surface area contributed by atoms with Crippen molar-refractivity contribution >= 4 is 20.8 Å². The van der Waals surface area contributed by atoms with Crippen LogP contribution in [0.5, 0.6) is 5.75 Å². The monoisotopic (exact) mass is 359 g/mol. The van der Waals surface area contributed by atoms with Gasteiger partial charge in [0.2, 0.25) is 10.0 Å². The summed E-state index contributed by atoms with van der Waals surface area (Å²) in [6, 6.07) is 19.1. The molecule has 0 aliphatic heterocycles. The van der Waals surface area contributed by atoms with Gasteiger partial charge in [0, 0.05) is 6.54 Å². The number of halogens is 1. The second-order valence-corrected chi connectivity index (χ2v) is 7.44. The van der Waals surface area contributed by atoms with E-state index in [0.29, 0.717) is 11.3 Å². The maximum atomic E-state index is 12.8. The van der Waals surface area contributed by atoms with Crippen LogP contribution in [0.4, 0.5) is 4.39 Å². The topological polar surface area (TPSA) is 55.4 Å². The highest BCUT2D eigenvalue weighted by Crippen LogP contribution is 2.20. The van der Waals surface area contributed by atoms with Gasteiger partial charge in [-0.1, -0.05) is 42.5 Å². The van der Waals surface area contributed by atoms with Gasteiger partial charge in [-0.2, -0.15) is 0 Å². The fraction of sp³-hybridized carbons (Fsp3) is 0.158. The van der Waals surface area contributed by atoms with Crippen molar-refractivity contribution < 1.29 is 17.5 Å². The zero-order chi connectivity index (χ0) is 17.7. The molecule has 1 N–H and O–H groups in total. The Bertz CT molecular complexity index is 956. The van der Waals surface area contributed by atoms with E-state index < -0.39 is 15.8 Å². The summed E-state index contributed by atoms with van der Waals surface area (Å²) in [5, 5.41) is 2.19. The van der Waals surface area contributed by atoms with Gasteiger partial charge in [-0.05, 0) is 40.6 Å². The van der Waals surface area contributed by atoms with Crippen molar-refractivity contribution in [3.05, 3.63) is 78.1 Å². The van der Waals surface area contributed by atoms with E-state index in [1.807, 2.05) is 42.5 Å². The summed E-state index contributed by atoms with van der Waals surface area (Å²) in [5.74, 6) is 0.109. The number of hydrogen-bond acceptors (Lipinski definition) is 3. The Labute approximate surface area is 146 Å². The number of hydrogen-bond donors (Lipinski definition) is 1. The third kappa shape index (κ3) is 5.01. The van der Waals surface area contributed by atoms with Crippen molar-refractivity contribution in [2.24, 2.45) is 0 Å². The van der Waals surface area contributed by atoms with Crippen LogP contribution in [0, 0.1) is 5.82 Å². The minimum Gasteiger partial charge on any atom is -0.492 e. The first kappa shape index (κ1) is 17.4. The average molecular weight is 359 g/mol. The molecule has 4 nitrogen and oxygen atoms in total. The van der Waals surface area contributed by atoms with Crippen LogP contribution >= 0.6 is 0 Å². The lowest BCUT2D eigenvalue weighted by Gasteiger charge is -2.09. The molecular formula is C19H18FNO3S. The van der Waals surface area contributed by atoms with Crippen molar-refractivity contribution in [2.75, 3.05) is 13.2 Å². The third-order valence-corrected chi connectivity index (χ3v) is 5.04. The summed E-state index contributed by atoms with van der Waals surface area (Å²) in [6.45, 7) is 0.386. The lowest BCUT2D eigenvalue weighted by atomic mass is 10.1. The highest BCUT2D eigenvalue weighted by Gasteiger charge is 2.11. The van der Waals surface area contributed by atoms with E-state index in [0.717, 1.165) is 10.8 Å². The Kier molecular flexibility index (Phi) is 5.31. The standard InChI is InChI=1S/C19H18FNO3S/c20-18-8-5-15(6-9-18)14-25(22,23)21-11-12-24-19-10-7-16-3-1-2-4-17(16)13-19/h1-10,13,21H,11-12,14H2. The van der Waals surface area contributed by atoms with E-state index >= 15 is 0 Å². The van der Waals surface area contributed by atoms with Crippen LogP contribution in [-0.2, 0) is 15.8 Å². The fourth-order valence-corrected chi connectivity index (χ4v) is 3.60. The van der Waals surface area contributed by atoms with Crippen LogP contribution in [0.1, 0.15) is 5.56 Å². The summed E-state index contributed by atoms with van der Waals surface area (Å²) in [4.78, 5) is 0. The molecule has 0 fully saturated rings. The number of ether oxygens (including phenoxy) is 1. The van der Waals surface area contributed by atoms with Crippen molar-refractivity contribution in [1.29, 1.82) is 0 Å². The van der Waals surface area contributed by atoms with E-state index in [-0.39, 0.29) is 18.9 Å². The molecule has 0 aliphatic carbocycles. The summed E-state index contributed by atoms with van der Waals surface area (Å²) >= 11 is 0. The molecule has 0 heterocycles. The van der Waals surface area contributed by atoms with E-state index in [2.05, 4.69) is 4.72 Å². The second kappa shape index (κ2) is 7.63. The molecule has 25 heavy (non-hydrogen) atoms. The minimum atomic E-state index is -3.49. The summed E-state index contributed by atoms with van der Waals surface area (Å²) in [5.41, 5.74) is 0.532. The molecule has 3 aromatic carbocycles. The van der Waals surface area contributed by atoms with Gasteiger partial charge in [0.25, 0.3) is 0 Å². The highest BCUT2D eigenvalue weighted by molar-refractivity contribution is 7.88. The summed E-state index contributed by atoms with van der Waals surface area (Å²) in [7, 11) is -3.49. The van der Waals surface area contributed by atoms with Gasteiger partial charge in [0.15, 0.2) is 0 Å². The van der Waals surface area contributed by atoms with Crippen LogP contribution in [0.2, 0.25) is 0 Å². The smallest absolute Gasteiger partial charge is 0.215 e. The van der Waals surface area contributed by atoms with Gasteiger partial charge in [0.05, 0.1) is 5.75 Å². The van der Waals surface area contributed by atoms with Gasteiger partial charge in [-0.15, -0.1) is 0 Å². The molecule has 0 aromatic heterocycles. The predicted octanol–water partition coefficient (Wildman–Crippen LogP) is 3.48. The van der Waals surface area contributed by atoms with Crippen LogP contribution in [-0.4, -0.2) is 21.6 Å². The van der Waals surface area contributed by atoms with Crippen molar-refractivity contribution in [3.8, 4) is 5.75 Å². The Morgan fingerprint density at radius 3 is 2.40 bits per heavy atom. The zero-order valence-corrected chi connectivity index (χ0v) is 14.3. The SMILES string of the molecule is O=S(=O)(Cc1ccc(F)cc1)NCCOc1ccc2ccccc2c1. The molecule has 0 unspecified atom stereocenters. The molecule has 0 saturated carbocycles. The first-order valence-electron chi connectivity index (χ1n) is 7.85. The Balaban J connectivity index is 1.50. The summed E-state index contributed by atoms with van der Waals surface area (Å²) in [6.07, 6.45) is 0. The average Bonchev–Trinajstić information content (AvgIpc) is 2.60. The molecule has 3 rings (SSSR count). The van der Waals surface area contributed by atoms with Crippen LogP contribution in [0.25, 0.3) is 10.8 Å². The van der Waals surface area contributed by atoms with E-state index in [1.165, 1.54) is 24.3 Å². The second-order valence-electron chi connectivity index (χ2n) is 5.64. The first-order chi connectivity index (χ1) is 12.0. The highest BCUT2D eigenvalue weighted by atomic mass is 32.2. The molecule has 130 valence electrons. The van der Waals surface area contributed by atoms with Gasteiger partial charge in [-0.25, -0.2) is 17.5 Å². The maximum absolute atomic E-state index is 12.8. The molecule has 0 spiro atoms. The zero-order valence-electron chi connectivity index (χ0n) is 13.5. The lowest BCUT2D eigenvalue weighted by Crippen LogP contribution is -2.29. The number of benzene rings is 3. The molecule has 0 bridgehead atoms. The fourth-order valence-electron chi connectivity index (χ4n) is 2.47. The molecule has 0 atom stereocenters. The molecule has 6 heteroatoms. The molecular weight excluding hydrogens is 341 g/mol. The summed E-state index contributed by atoms with van der Waals surface area (Å²) < 4.78 is 44.9. The van der Waals surface area contributed by atoms with E-state index in [4.69, 9.17) is 4.74 Å². The van der Waals surface area contributed by atoms with Crippen LogP contribution in [0.3, 0.4) is 0 Å². The molecule has 0 amide bonds. The third-order valence-electron chi connectivity index (χ3n) is 3.68. The van der Waals surface area contributed by atoms with Crippen molar-refractivity contribution in [2.45, 2.75) is 5.75 Å². The number of nitrogens with one attached hydrogen (secondary N) is 1. The largest absolute Gasteiger partial charge is 0.492 e. The van der Waals surface area contributed by atoms with Gasteiger partial charge in [0.1, 0.15) is 18.2 Å².